The number of hydrogen-bond acceptors (Lipinski definition) is 7. The summed E-state index contributed by atoms with van der Waals surface area (Å²) in [6.45, 7) is -0.250. The number of halogens is 1. The van der Waals surface area contributed by atoms with Gasteiger partial charge in [0.2, 0.25) is 5.91 Å². The second kappa shape index (κ2) is 11.1. The first kappa shape index (κ1) is 22.2. The molecule has 0 fully saturated rings. The zero-order chi connectivity index (χ0) is 21.2. The van der Waals surface area contributed by atoms with E-state index in [1.807, 2.05) is 12.1 Å². The second-order valence-electron chi connectivity index (χ2n) is 5.72. The van der Waals surface area contributed by atoms with Crippen molar-refractivity contribution in [2.45, 2.75) is 6.42 Å². The van der Waals surface area contributed by atoms with E-state index in [2.05, 4.69) is 31.2 Å². The molecule has 0 aromatic heterocycles. The van der Waals surface area contributed by atoms with E-state index in [0.717, 1.165) is 11.3 Å². The smallest absolute Gasteiger partial charge is 0.343 e. The lowest BCUT2D eigenvalue weighted by molar-refractivity contribution is -0.143. The molecule has 29 heavy (non-hydrogen) atoms. The Hall–Kier alpha value is -3.07. The number of rotatable bonds is 9. The van der Waals surface area contributed by atoms with Crippen molar-refractivity contribution in [3.8, 4) is 17.2 Å². The molecule has 9 heteroatoms. The Morgan fingerprint density at radius 2 is 1.83 bits per heavy atom. The molecule has 8 nitrogen and oxygen atoms in total. The minimum atomic E-state index is -0.510. The first-order chi connectivity index (χ1) is 14.0. The SMILES string of the molecule is COC(=O)COc1c(Br)cc(/C=N/NC(=O)Cc2ccc(OC)cc2)cc1OC. The van der Waals surface area contributed by atoms with Gasteiger partial charge in [-0.1, -0.05) is 12.1 Å². The zero-order valence-electron chi connectivity index (χ0n) is 16.2. The molecule has 0 spiro atoms. The molecule has 0 saturated heterocycles. The third-order valence-electron chi connectivity index (χ3n) is 3.74. The van der Waals surface area contributed by atoms with E-state index in [4.69, 9.17) is 14.2 Å². The van der Waals surface area contributed by atoms with Gasteiger partial charge in [0.05, 0.1) is 38.4 Å². The number of methoxy groups -OCH3 is 3. The summed E-state index contributed by atoms with van der Waals surface area (Å²) in [5, 5.41) is 3.96. The molecule has 0 heterocycles. The summed E-state index contributed by atoms with van der Waals surface area (Å²) in [6.07, 6.45) is 1.66. The van der Waals surface area contributed by atoms with Gasteiger partial charge in [0, 0.05) is 0 Å². The number of esters is 1. The van der Waals surface area contributed by atoms with Gasteiger partial charge in [0.25, 0.3) is 0 Å². The van der Waals surface area contributed by atoms with E-state index < -0.39 is 5.97 Å². The topological polar surface area (TPSA) is 95.5 Å². The van der Waals surface area contributed by atoms with E-state index in [0.29, 0.717) is 21.5 Å². The van der Waals surface area contributed by atoms with Crippen LogP contribution in [0.25, 0.3) is 0 Å². The van der Waals surface area contributed by atoms with Crippen LogP contribution in [0.1, 0.15) is 11.1 Å². The van der Waals surface area contributed by atoms with Crippen molar-refractivity contribution < 1.29 is 28.5 Å². The van der Waals surface area contributed by atoms with Crippen LogP contribution in [-0.2, 0) is 20.7 Å². The molecule has 0 unspecified atom stereocenters. The maximum atomic E-state index is 12.0. The van der Waals surface area contributed by atoms with E-state index in [9.17, 15) is 9.59 Å². The lowest BCUT2D eigenvalue weighted by Gasteiger charge is -2.12. The average Bonchev–Trinajstić information content (AvgIpc) is 2.72. The molecule has 0 radical (unpaired) electrons. The minimum Gasteiger partial charge on any atom is -0.497 e. The van der Waals surface area contributed by atoms with Crippen LogP contribution in [0.15, 0.2) is 46.0 Å². The third-order valence-corrected chi connectivity index (χ3v) is 4.33. The van der Waals surface area contributed by atoms with Gasteiger partial charge in [-0.05, 0) is 51.3 Å². The molecule has 1 amide bonds. The van der Waals surface area contributed by atoms with Crippen LogP contribution in [0.2, 0.25) is 0 Å². The lowest BCUT2D eigenvalue weighted by Crippen LogP contribution is -2.19. The van der Waals surface area contributed by atoms with Crippen LogP contribution >= 0.6 is 15.9 Å². The molecule has 0 bridgehead atoms. The molecule has 0 saturated carbocycles. The number of amides is 1. The van der Waals surface area contributed by atoms with E-state index in [1.54, 1.807) is 31.4 Å². The number of nitrogens with one attached hydrogen (secondary N) is 1. The molecule has 2 rings (SSSR count). The lowest BCUT2D eigenvalue weighted by atomic mass is 10.1. The van der Waals surface area contributed by atoms with Crippen LogP contribution < -0.4 is 19.6 Å². The molecule has 2 aromatic rings. The molecular formula is C20H21BrN2O6. The summed E-state index contributed by atoms with van der Waals surface area (Å²) in [6, 6.07) is 10.6. The van der Waals surface area contributed by atoms with Crippen molar-refractivity contribution in [1.82, 2.24) is 5.43 Å². The van der Waals surface area contributed by atoms with Gasteiger partial charge in [-0.15, -0.1) is 0 Å². The largest absolute Gasteiger partial charge is 0.497 e. The van der Waals surface area contributed by atoms with Crippen LogP contribution in [0.4, 0.5) is 0 Å². The quantitative estimate of drug-likeness (QED) is 0.348. The van der Waals surface area contributed by atoms with Crippen LogP contribution in [0.3, 0.4) is 0 Å². The predicted octanol–water partition coefficient (Wildman–Crippen LogP) is 2.71. The Morgan fingerprint density at radius 1 is 1.10 bits per heavy atom. The Balaban J connectivity index is 1.99. The maximum absolute atomic E-state index is 12.0. The monoisotopic (exact) mass is 464 g/mol. The van der Waals surface area contributed by atoms with Gasteiger partial charge in [-0.25, -0.2) is 10.2 Å². The molecule has 2 aromatic carbocycles. The Morgan fingerprint density at radius 3 is 2.45 bits per heavy atom. The van der Waals surface area contributed by atoms with Gasteiger partial charge >= 0.3 is 5.97 Å². The molecule has 154 valence electrons. The Labute approximate surface area is 176 Å². The Bertz CT molecular complexity index is 883. The van der Waals surface area contributed by atoms with E-state index in [-0.39, 0.29) is 18.9 Å². The standard InChI is InChI=1S/C20H21BrN2O6/c1-26-15-6-4-13(5-7-15)10-18(24)23-22-11-14-8-16(21)20(17(9-14)27-2)29-12-19(25)28-3/h4-9,11H,10,12H2,1-3H3,(H,23,24)/b22-11+. The van der Waals surface area contributed by atoms with Crippen molar-refractivity contribution in [3.05, 3.63) is 52.0 Å². The molecule has 0 aliphatic rings. The van der Waals surface area contributed by atoms with Gasteiger partial charge < -0.3 is 18.9 Å². The van der Waals surface area contributed by atoms with Crippen molar-refractivity contribution in [3.63, 3.8) is 0 Å². The fourth-order valence-corrected chi connectivity index (χ4v) is 2.87. The highest BCUT2D eigenvalue weighted by molar-refractivity contribution is 9.10. The number of hydrazone groups is 1. The highest BCUT2D eigenvalue weighted by atomic mass is 79.9. The maximum Gasteiger partial charge on any atom is 0.343 e. The number of nitrogens with zero attached hydrogens (tertiary/aromatic N) is 1. The van der Waals surface area contributed by atoms with Crippen LogP contribution in [0.5, 0.6) is 17.2 Å². The second-order valence-corrected chi connectivity index (χ2v) is 6.57. The first-order valence-electron chi connectivity index (χ1n) is 8.48. The first-order valence-corrected chi connectivity index (χ1v) is 9.28. The summed E-state index contributed by atoms with van der Waals surface area (Å²) in [4.78, 5) is 23.3. The summed E-state index contributed by atoms with van der Waals surface area (Å²) in [7, 11) is 4.34. The number of hydrogen-bond donors (Lipinski definition) is 1. The summed E-state index contributed by atoms with van der Waals surface area (Å²) in [5.74, 6) is 0.721. The fraction of sp³-hybridized carbons (Fsp3) is 0.250. The summed E-state index contributed by atoms with van der Waals surface area (Å²) < 4.78 is 20.9. The number of ether oxygens (including phenoxy) is 4. The number of carbonyl (C=O) groups is 2. The van der Waals surface area contributed by atoms with E-state index >= 15 is 0 Å². The van der Waals surface area contributed by atoms with Crippen molar-refractivity contribution in [1.29, 1.82) is 0 Å². The zero-order valence-corrected chi connectivity index (χ0v) is 17.8. The summed E-state index contributed by atoms with van der Waals surface area (Å²) in [5.41, 5.74) is 3.98. The summed E-state index contributed by atoms with van der Waals surface area (Å²) >= 11 is 3.37. The van der Waals surface area contributed by atoms with Gasteiger partial charge in [0.15, 0.2) is 18.1 Å². The van der Waals surface area contributed by atoms with Gasteiger partial charge in [-0.3, -0.25) is 4.79 Å². The van der Waals surface area contributed by atoms with Crippen molar-refractivity contribution in [2.24, 2.45) is 5.10 Å². The van der Waals surface area contributed by atoms with Crippen LogP contribution in [0, 0.1) is 0 Å². The molecular weight excluding hydrogens is 444 g/mol. The highest BCUT2D eigenvalue weighted by Crippen LogP contribution is 2.36. The normalized spacial score (nSPS) is 10.5. The minimum absolute atomic E-state index is 0.189. The molecule has 0 atom stereocenters. The van der Waals surface area contributed by atoms with Crippen molar-refractivity contribution >= 4 is 34.0 Å². The van der Waals surface area contributed by atoms with Gasteiger partial charge in [0.1, 0.15) is 5.75 Å². The van der Waals surface area contributed by atoms with Crippen molar-refractivity contribution in [2.75, 3.05) is 27.9 Å². The third kappa shape index (κ3) is 6.79. The molecule has 0 aliphatic carbocycles. The Kier molecular flexibility index (Phi) is 8.47. The predicted molar refractivity (Wildman–Crippen MR) is 111 cm³/mol. The fourth-order valence-electron chi connectivity index (χ4n) is 2.29. The molecule has 1 N–H and O–H groups in total. The van der Waals surface area contributed by atoms with Gasteiger partial charge in [-0.2, -0.15) is 5.10 Å². The van der Waals surface area contributed by atoms with E-state index in [1.165, 1.54) is 20.4 Å². The average molecular weight is 465 g/mol. The number of carbonyl (C=O) groups excluding carboxylic acids is 2. The number of benzene rings is 2. The molecule has 0 aliphatic heterocycles. The highest BCUT2D eigenvalue weighted by Gasteiger charge is 2.13. The van der Waals surface area contributed by atoms with Crippen LogP contribution in [-0.4, -0.2) is 46.0 Å².